The first-order chi connectivity index (χ1) is 11.1. The largest absolute Gasteiger partial charge is 0.356 e. The zero-order chi connectivity index (χ0) is 16.7. The Morgan fingerprint density at radius 1 is 1.30 bits per heavy atom. The number of benzene rings is 1. The van der Waals surface area contributed by atoms with Crippen molar-refractivity contribution in [2.24, 2.45) is 10.9 Å². The molecule has 23 heavy (non-hydrogen) atoms. The molecule has 2 N–H and O–H groups in total. The van der Waals surface area contributed by atoms with E-state index in [0.29, 0.717) is 12.0 Å². The zero-order valence-electron chi connectivity index (χ0n) is 14.5. The third kappa shape index (κ3) is 6.04. The van der Waals surface area contributed by atoms with E-state index in [0.717, 1.165) is 24.1 Å². The molecule has 4 nitrogen and oxygen atoms in total. The summed E-state index contributed by atoms with van der Waals surface area (Å²) in [4.78, 5) is 6.88. The molecule has 0 amide bonds. The molecule has 0 radical (unpaired) electrons. The first kappa shape index (κ1) is 18.1. The van der Waals surface area contributed by atoms with E-state index in [1.165, 1.54) is 31.5 Å². The van der Waals surface area contributed by atoms with Crippen LogP contribution in [0.4, 0.5) is 0 Å². The van der Waals surface area contributed by atoms with E-state index in [9.17, 15) is 0 Å². The van der Waals surface area contributed by atoms with Crippen LogP contribution in [0.3, 0.4) is 0 Å². The molecule has 2 rings (SSSR count). The maximum absolute atomic E-state index is 5.91. The van der Waals surface area contributed by atoms with Crippen LogP contribution in [0.15, 0.2) is 29.3 Å². The highest BCUT2D eigenvalue weighted by Gasteiger charge is 2.21. The number of likely N-dealkylation sites (tertiary alicyclic amines) is 1. The van der Waals surface area contributed by atoms with Gasteiger partial charge in [-0.3, -0.25) is 4.99 Å². The van der Waals surface area contributed by atoms with Gasteiger partial charge in [0.1, 0.15) is 0 Å². The average molecular weight is 337 g/mol. The summed E-state index contributed by atoms with van der Waals surface area (Å²) in [5.41, 5.74) is 1.20. The lowest BCUT2D eigenvalue weighted by Gasteiger charge is -2.35. The van der Waals surface area contributed by atoms with Gasteiger partial charge in [0.15, 0.2) is 5.96 Å². The van der Waals surface area contributed by atoms with E-state index in [-0.39, 0.29) is 0 Å². The summed E-state index contributed by atoms with van der Waals surface area (Å²) in [5, 5.41) is 7.59. The van der Waals surface area contributed by atoms with Crippen LogP contribution in [-0.4, -0.2) is 43.6 Å². The number of rotatable bonds is 5. The summed E-state index contributed by atoms with van der Waals surface area (Å²) in [5.74, 6) is 1.56. The third-order valence-electron chi connectivity index (χ3n) is 4.44. The second kappa shape index (κ2) is 9.14. The highest BCUT2D eigenvalue weighted by atomic mass is 35.5. The molecule has 128 valence electrons. The van der Waals surface area contributed by atoms with Crippen molar-refractivity contribution in [1.29, 1.82) is 0 Å². The SMILES string of the molecule is CN=C(NCc1ccc(Cl)cc1)NCC1CCCN(C(C)C)C1. The monoisotopic (exact) mass is 336 g/mol. The maximum atomic E-state index is 5.91. The quantitative estimate of drug-likeness (QED) is 0.641. The summed E-state index contributed by atoms with van der Waals surface area (Å²) in [6.07, 6.45) is 2.59. The number of guanidine groups is 1. The van der Waals surface area contributed by atoms with E-state index < -0.39 is 0 Å². The first-order valence-electron chi connectivity index (χ1n) is 8.51. The molecule has 0 saturated carbocycles. The average Bonchev–Trinajstić information content (AvgIpc) is 2.57. The number of halogens is 1. The van der Waals surface area contributed by atoms with E-state index in [1.807, 2.05) is 31.3 Å². The Bertz CT molecular complexity index is 498. The van der Waals surface area contributed by atoms with Gasteiger partial charge < -0.3 is 15.5 Å². The van der Waals surface area contributed by atoms with E-state index in [4.69, 9.17) is 11.6 Å². The van der Waals surface area contributed by atoms with E-state index >= 15 is 0 Å². The topological polar surface area (TPSA) is 39.7 Å². The summed E-state index contributed by atoms with van der Waals surface area (Å²) in [6, 6.07) is 8.53. The van der Waals surface area contributed by atoms with Crippen LogP contribution in [0.5, 0.6) is 0 Å². The number of hydrogen-bond donors (Lipinski definition) is 2. The van der Waals surface area contributed by atoms with Gasteiger partial charge in [0.2, 0.25) is 0 Å². The second-order valence-electron chi connectivity index (χ2n) is 6.53. The molecule has 0 bridgehead atoms. The minimum absolute atomic E-state index is 0.639. The summed E-state index contributed by atoms with van der Waals surface area (Å²) in [6.45, 7) is 8.70. The van der Waals surface area contributed by atoms with Crippen LogP contribution in [0.1, 0.15) is 32.3 Å². The highest BCUT2D eigenvalue weighted by Crippen LogP contribution is 2.17. The molecule has 1 aromatic carbocycles. The van der Waals surface area contributed by atoms with Gasteiger partial charge in [-0.1, -0.05) is 23.7 Å². The smallest absolute Gasteiger partial charge is 0.191 e. The summed E-state index contributed by atoms with van der Waals surface area (Å²) in [7, 11) is 1.82. The number of hydrogen-bond acceptors (Lipinski definition) is 2. The molecule has 1 aliphatic heterocycles. The first-order valence-corrected chi connectivity index (χ1v) is 8.89. The Hall–Kier alpha value is -1.26. The predicted octanol–water partition coefficient (Wildman–Crippen LogP) is 3.13. The highest BCUT2D eigenvalue weighted by molar-refractivity contribution is 6.30. The Morgan fingerprint density at radius 3 is 2.70 bits per heavy atom. The van der Waals surface area contributed by atoms with Crippen LogP contribution >= 0.6 is 11.6 Å². The van der Waals surface area contributed by atoms with Crippen LogP contribution < -0.4 is 10.6 Å². The number of aliphatic imine (C=N–C) groups is 1. The molecule has 1 saturated heterocycles. The zero-order valence-corrected chi connectivity index (χ0v) is 15.2. The summed E-state index contributed by atoms with van der Waals surface area (Å²) >= 11 is 5.91. The van der Waals surface area contributed by atoms with Crippen molar-refractivity contribution in [3.63, 3.8) is 0 Å². The normalized spacial score (nSPS) is 19.9. The molecule has 1 heterocycles. The Morgan fingerprint density at radius 2 is 2.04 bits per heavy atom. The lowest BCUT2D eigenvalue weighted by atomic mass is 9.97. The van der Waals surface area contributed by atoms with Crippen LogP contribution in [0.25, 0.3) is 0 Å². The molecule has 0 spiro atoms. The van der Waals surface area contributed by atoms with Gasteiger partial charge in [0.25, 0.3) is 0 Å². The number of nitrogens with zero attached hydrogens (tertiary/aromatic N) is 2. The molecule has 1 atom stereocenters. The van der Waals surface area contributed by atoms with Crippen molar-refractivity contribution in [3.05, 3.63) is 34.9 Å². The second-order valence-corrected chi connectivity index (χ2v) is 6.97. The van der Waals surface area contributed by atoms with Gasteiger partial charge in [-0.2, -0.15) is 0 Å². The standard InChI is InChI=1S/C18H29ClN4/c1-14(2)23-10-4-5-16(13-23)12-22-18(20-3)21-11-15-6-8-17(19)9-7-15/h6-9,14,16H,4-5,10-13H2,1-3H3,(H2,20,21,22). The molecule has 1 unspecified atom stereocenters. The van der Waals surface area contributed by atoms with Crippen molar-refractivity contribution in [3.8, 4) is 0 Å². The van der Waals surface area contributed by atoms with Crippen LogP contribution in [0.2, 0.25) is 5.02 Å². The predicted molar refractivity (Wildman–Crippen MR) is 99.1 cm³/mol. The molecule has 0 aliphatic carbocycles. The van der Waals surface area contributed by atoms with E-state index in [1.54, 1.807) is 0 Å². The van der Waals surface area contributed by atoms with Gasteiger partial charge in [-0.05, 0) is 56.8 Å². The number of piperidine rings is 1. The van der Waals surface area contributed by atoms with Crippen molar-refractivity contribution >= 4 is 17.6 Å². The lowest BCUT2D eigenvalue weighted by molar-refractivity contribution is 0.141. The summed E-state index contributed by atoms with van der Waals surface area (Å²) < 4.78 is 0. The Kier molecular flexibility index (Phi) is 7.18. The van der Waals surface area contributed by atoms with Gasteiger partial charge in [-0.15, -0.1) is 0 Å². The molecule has 5 heteroatoms. The molecular formula is C18H29ClN4. The van der Waals surface area contributed by atoms with Gasteiger partial charge in [0.05, 0.1) is 0 Å². The van der Waals surface area contributed by atoms with Crippen molar-refractivity contribution in [1.82, 2.24) is 15.5 Å². The third-order valence-corrected chi connectivity index (χ3v) is 4.69. The van der Waals surface area contributed by atoms with Crippen molar-refractivity contribution in [2.45, 2.75) is 39.3 Å². The molecule has 0 aromatic heterocycles. The van der Waals surface area contributed by atoms with Gasteiger partial charge in [0, 0.05) is 37.7 Å². The van der Waals surface area contributed by atoms with Crippen LogP contribution in [-0.2, 0) is 6.54 Å². The fourth-order valence-corrected chi connectivity index (χ4v) is 3.11. The lowest BCUT2D eigenvalue weighted by Crippen LogP contribution is -2.45. The van der Waals surface area contributed by atoms with E-state index in [2.05, 4.69) is 34.4 Å². The Balaban J connectivity index is 1.75. The maximum Gasteiger partial charge on any atom is 0.191 e. The number of nitrogens with one attached hydrogen (secondary N) is 2. The molecule has 1 aliphatic rings. The molecule has 1 aromatic rings. The van der Waals surface area contributed by atoms with Gasteiger partial charge >= 0.3 is 0 Å². The van der Waals surface area contributed by atoms with Gasteiger partial charge in [-0.25, -0.2) is 0 Å². The minimum Gasteiger partial charge on any atom is -0.356 e. The van der Waals surface area contributed by atoms with Crippen molar-refractivity contribution < 1.29 is 0 Å². The van der Waals surface area contributed by atoms with Crippen LogP contribution in [0, 0.1) is 5.92 Å². The Labute approximate surface area is 145 Å². The fraction of sp³-hybridized carbons (Fsp3) is 0.611. The molecule has 1 fully saturated rings. The molecular weight excluding hydrogens is 308 g/mol. The minimum atomic E-state index is 0.639. The van der Waals surface area contributed by atoms with Crippen molar-refractivity contribution in [2.75, 3.05) is 26.7 Å². The fourth-order valence-electron chi connectivity index (χ4n) is 2.98.